The van der Waals surface area contributed by atoms with Gasteiger partial charge in [0.1, 0.15) is 12.0 Å². The lowest BCUT2D eigenvalue weighted by atomic mass is 10.1. The van der Waals surface area contributed by atoms with Crippen LogP contribution in [0.5, 0.6) is 0 Å². The first-order chi connectivity index (χ1) is 18.5. The Morgan fingerprint density at radius 2 is 1.31 bits per heavy atom. The van der Waals surface area contributed by atoms with Gasteiger partial charge >= 0.3 is 0 Å². The lowest BCUT2D eigenvalue weighted by Gasteiger charge is -2.31. The summed E-state index contributed by atoms with van der Waals surface area (Å²) in [5.74, 6) is 0.231. The smallest absolute Gasteiger partial charge is 0.283 e. The van der Waals surface area contributed by atoms with Gasteiger partial charge in [0, 0.05) is 31.9 Å². The molecule has 0 N–H and O–H groups in total. The molecule has 8 nitrogen and oxygen atoms in total. The third-order valence-corrected chi connectivity index (χ3v) is 10.3. The Bertz CT molecular complexity index is 1530. The maximum Gasteiger partial charge on any atom is 0.283 e. The minimum atomic E-state index is -3.98. The molecule has 1 aliphatic rings. The van der Waals surface area contributed by atoms with Gasteiger partial charge in [-0.25, -0.2) is 8.42 Å². The van der Waals surface area contributed by atoms with Gasteiger partial charge in [0.25, 0.3) is 10.0 Å². The second-order valence-corrected chi connectivity index (χ2v) is 13.2. The summed E-state index contributed by atoms with van der Waals surface area (Å²) >= 11 is 0. The van der Waals surface area contributed by atoms with Gasteiger partial charge in [-0.3, -0.25) is 0 Å². The number of rotatable bonds is 8. The molecule has 208 valence electrons. The van der Waals surface area contributed by atoms with Crippen LogP contribution in [0.1, 0.15) is 43.6 Å². The van der Waals surface area contributed by atoms with E-state index >= 15 is 0 Å². The van der Waals surface area contributed by atoms with E-state index in [2.05, 4.69) is 23.1 Å². The third kappa shape index (κ3) is 6.03. The normalized spacial score (nSPS) is 17.0. The van der Waals surface area contributed by atoms with Crippen LogP contribution in [0.2, 0.25) is 0 Å². The molecule has 10 heteroatoms. The third-order valence-electron chi connectivity index (χ3n) is 7.06. The average molecular weight is 569 g/mol. The summed E-state index contributed by atoms with van der Waals surface area (Å²) in [4.78, 5) is 4.25. The molecule has 0 radical (unpaired) electrons. The summed E-state index contributed by atoms with van der Waals surface area (Å²) in [7, 11) is -7.86. The number of aryl methyl sites for hydroxylation is 2. The van der Waals surface area contributed by atoms with Crippen molar-refractivity contribution < 1.29 is 16.8 Å². The monoisotopic (exact) mass is 568 g/mol. The van der Waals surface area contributed by atoms with Crippen LogP contribution >= 0.6 is 0 Å². The lowest BCUT2D eigenvalue weighted by Crippen LogP contribution is -2.37. The van der Waals surface area contributed by atoms with Crippen molar-refractivity contribution in [3.05, 3.63) is 89.5 Å². The number of nitrogens with zero attached hydrogens (tertiary/aromatic N) is 4. The molecule has 0 aromatic heterocycles. The molecule has 1 aliphatic heterocycles. The van der Waals surface area contributed by atoms with E-state index in [4.69, 9.17) is 0 Å². The van der Waals surface area contributed by atoms with Gasteiger partial charge in [0.2, 0.25) is 10.0 Å². The molecule has 1 fully saturated rings. The summed E-state index contributed by atoms with van der Waals surface area (Å²) < 4.78 is 59.5. The van der Waals surface area contributed by atoms with Gasteiger partial charge in [0.15, 0.2) is 0 Å². The van der Waals surface area contributed by atoms with Crippen LogP contribution in [0.25, 0.3) is 0 Å². The number of benzene rings is 3. The highest BCUT2D eigenvalue weighted by Gasteiger charge is 2.42. The van der Waals surface area contributed by atoms with E-state index in [1.54, 1.807) is 48.2 Å². The maximum atomic E-state index is 13.8. The molecular weight excluding hydrogens is 532 g/mol. The second kappa shape index (κ2) is 11.5. The van der Waals surface area contributed by atoms with E-state index in [9.17, 15) is 16.8 Å². The van der Waals surface area contributed by atoms with Crippen LogP contribution in [0.15, 0.2) is 87.0 Å². The highest BCUT2D eigenvalue weighted by atomic mass is 32.2. The number of hydrogen-bond donors (Lipinski definition) is 0. The molecule has 1 heterocycles. The van der Waals surface area contributed by atoms with Crippen molar-refractivity contribution in [2.75, 3.05) is 31.1 Å². The Morgan fingerprint density at radius 1 is 0.795 bits per heavy atom. The Morgan fingerprint density at radius 3 is 1.82 bits per heavy atom. The summed E-state index contributed by atoms with van der Waals surface area (Å²) in [6.07, 6.45) is -0.751. The molecular formula is C29H36N4O4S2. The molecule has 0 amide bonds. The zero-order valence-corrected chi connectivity index (χ0v) is 24.7. The van der Waals surface area contributed by atoms with Crippen molar-refractivity contribution in [1.82, 2.24) is 9.21 Å². The molecule has 3 aromatic rings. The summed E-state index contributed by atoms with van der Waals surface area (Å²) in [5, 5.41) is 0. The highest BCUT2D eigenvalue weighted by Crippen LogP contribution is 2.36. The SMILES string of the molecule is CCN(CC)c1ccc([C@H]2N(C(C)=NS(=O)(=O)c3ccc(C)cc3)CCN2S(=O)(=O)c2ccc(C)cc2)cc1. The fourth-order valence-electron chi connectivity index (χ4n) is 4.82. The van der Waals surface area contributed by atoms with E-state index in [1.165, 1.54) is 16.4 Å². The zero-order valence-electron chi connectivity index (χ0n) is 23.1. The van der Waals surface area contributed by atoms with E-state index in [0.717, 1.165) is 35.5 Å². The summed E-state index contributed by atoms with van der Waals surface area (Å²) in [6.45, 7) is 11.8. The van der Waals surface area contributed by atoms with Crippen molar-refractivity contribution in [3.63, 3.8) is 0 Å². The van der Waals surface area contributed by atoms with Crippen LogP contribution in [0.4, 0.5) is 5.69 Å². The quantitative estimate of drug-likeness (QED) is 0.282. The van der Waals surface area contributed by atoms with Crippen molar-refractivity contribution >= 4 is 31.6 Å². The molecule has 1 saturated heterocycles. The Labute approximate surface area is 232 Å². The van der Waals surface area contributed by atoms with Crippen LogP contribution in [-0.4, -0.2) is 58.1 Å². The lowest BCUT2D eigenvalue weighted by molar-refractivity contribution is 0.284. The minimum Gasteiger partial charge on any atom is -0.372 e. The highest BCUT2D eigenvalue weighted by molar-refractivity contribution is 7.90. The zero-order chi connectivity index (χ0) is 28.4. The van der Waals surface area contributed by atoms with Gasteiger partial charge in [-0.15, -0.1) is 4.40 Å². The van der Waals surface area contributed by atoms with Crippen LogP contribution in [0, 0.1) is 13.8 Å². The standard InChI is InChI=1S/C29H36N4O4S2/c1-6-31(7-2)26-14-12-25(13-15-26)29-32(24(5)30-38(34,35)27-16-8-22(3)9-17-27)20-21-33(29)39(36,37)28-18-10-23(4)11-19-28/h8-19,29H,6-7,20-21H2,1-5H3/t29-/m0/s1. The van der Waals surface area contributed by atoms with Gasteiger partial charge in [-0.05, 0) is 76.6 Å². The van der Waals surface area contributed by atoms with Gasteiger partial charge in [-0.1, -0.05) is 47.5 Å². The topological polar surface area (TPSA) is 90.4 Å². The predicted octanol–water partition coefficient (Wildman–Crippen LogP) is 4.96. The first-order valence-corrected chi connectivity index (χ1v) is 15.9. The predicted molar refractivity (Wildman–Crippen MR) is 156 cm³/mol. The summed E-state index contributed by atoms with van der Waals surface area (Å²) in [5.41, 5.74) is 3.68. The van der Waals surface area contributed by atoms with E-state index < -0.39 is 26.2 Å². The molecule has 4 rings (SSSR count). The molecule has 0 saturated carbocycles. The Balaban J connectivity index is 1.77. The molecule has 39 heavy (non-hydrogen) atoms. The first kappa shape index (κ1) is 28.8. The molecule has 3 aromatic carbocycles. The molecule has 0 unspecified atom stereocenters. The van der Waals surface area contributed by atoms with Crippen LogP contribution in [-0.2, 0) is 20.0 Å². The number of amidine groups is 1. The Hall–Kier alpha value is -3.21. The van der Waals surface area contributed by atoms with Gasteiger partial charge in [-0.2, -0.15) is 12.7 Å². The second-order valence-electron chi connectivity index (χ2n) is 9.69. The van der Waals surface area contributed by atoms with E-state index in [1.807, 2.05) is 38.1 Å². The molecule has 1 atom stereocenters. The van der Waals surface area contributed by atoms with Crippen molar-refractivity contribution in [2.24, 2.45) is 4.40 Å². The molecule has 0 aliphatic carbocycles. The Kier molecular flexibility index (Phi) is 8.48. The van der Waals surface area contributed by atoms with Crippen molar-refractivity contribution in [1.29, 1.82) is 0 Å². The van der Waals surface area contributed by atoms with Crippen molar-refractivity contribution in [3.8, 4) is 0 Å². The van der Waals surface area contributed by atoms with Gasteiger partial charge in [0.05, 0.1) is 9.79 Å². The molecule has 0 spiro atoms. The van der Waals surface area contributed by atoms with Crippen LogP contribution in [0.3, 0.4) is 0 Å². The van der Waals surface area contributed by atoms with E-state index in [0.29, 0.717) is 6.54 Å². The van der Waals surface area contributed by atoms with E-state index in [-0.39, 0.29) is 22.2 Å². The van der Waals surface area contributed by atoms with Crippen molar-refractivity contribution in [2.45, 2.75) is 50.6 Å². The number of hydrogen-bond acceptors (Lipinski definition) is 5. The summed E-state index contributed by atoms with van der Waals surface area (Å²) in [6, 6.07) is 21.1. The fraction of sp³-hybridized carbons (Fsp3) is 0.345. The maximum absolute atomic E-state index is 13.8. The minimum absolute atomic E-state index is 0.0934. The van der Waals surface area contributed by atoms with Gasteiger partial charge < -0.3 is 9.80 Å². The largest absolute Gasteiger partial charge is 0.372 e. The first-order valence-electron chi connectivity index (χ1n) is 13.1. The fourth-order valence-corrected chi connectivity index (χ4v) is 7.43. The average Bonchev–Trinajstić information content (AvgIpc) is 3.37. The number of anilines is 1. The number of sulfonamides is 2. The molecule has 0 bridgehead atoms. The van der Waals surface area contributed by atoms with Crippen LogP contribution < -0.4 is 4.90 Å².